The molecule has 39 heavy (non-hydrogen) atoms. The van der Waals surface area contributed by atoms with Crippen LogP contribution in [-0.2, 0) is 10.0 Å². The fraction of sp³-hybridized carbons (Fsp3) is 0.222. The van der Waals surface area contributed by atoms with E-state index in [1.807, 2.05) is 14.1 Å². The second-order valence-corrected chi connectivity index (χ2v) is 11.2. The molecule has 0 saturated heterocycles. The molecule has 4 aromatic rings. The lowest BCUT2D eigenvalue weighted by atomic mass is 10.1. The summed E-state index contributed by atoms with van der Waals surface area (Å²) in [5, 5.41) is 0.461. The molecule has 4 rings (SSSR count). The number of sulfonamides is 1. The number of anilines is 1. The number of benzene rings is 3. The van der Waals surface area contributed by atoms with E-state index < -0.39 is 15.8 Å². The minimum Gasteiger partial charge on any atom is -0.493 e. The SMILES string of the molecule is COc1cc2c(Oc3ccc(NS(=O)(=O)c4c(Cl)cccc4Cl)cc3F)ccnc2cc1OCCCN(C)C. The summed E-state index contributed by atoms with van der Waals surface area (Å²) in [6.07, 6.45) is 2.37. The zero-order valence-electron chi connectivity index (χ0n) is 21.4. The average molecular weight is 594 g/mol. The molecular formula is C27H26Cl2FN3O5S. The van der Waals surface area contributed by atoms with Crippen LogP contribution in [0.1, 0.15) is 6.42 Å². The number of pyridine rings is 1. The van der Waals surface area contributed by atoms with Crippen molar-refractivity contribution in [1.82, 2.24) is 9.88 Å². The number of ether oxygens (including phenoxy) is 3. The second kappa shape index (κ2) is 12.3. The fourth-order valence-electron chi connectivity index (χ4n) is 3.76. The van der Waals surface area contributed by atoms with E-state index in [1.165, 1.54) is 43.6 Å². The lowest BCUT2D eigenvalue weighted by molar-refractivity contribution is 0.268. The number of hydrogen-bond acceptors (Lipinski definition) is 7. The first-order chi connectivity index (χ1) is 18.6. The topological polar surface area (TPSA) is 90.0 Å². The highest BCUT2D eigenvalue weighted by atomic mass is 35.5. The Balaban J connectivity index is 1.56. The van der Waals surface area contributed by atoms with Gasteiger partial charge in [-0.15, -0.1) is 0 Å². The Bertz CT molecular complexity index is 1580. The minimum atomic E-state index is -4.17. The maximum atomic E-state index is 15.0. The monoisotopic (exact) mass is 593 g/mol. The van der Waals surface area contributed by atoms with Crippen LogP contribution in [0, 0.1) is 5.82 Å². The van der Waals surface area contributed by atoms with Crippen molar-refractivity contribution >= 4 is 49.8 Å². The van der Waals surface area contributed by atoms with Crippen molar-refractivity contribution in [1.29, 1.82) is 0 Å². The number of rotatable bonds is 11. The Kier molecular flexibility index (Phi) is 9.01. The van der Waals surface area contributed by atoms with Crippen molar-refractivity contribution < 1.29 is 27.0 Å². The third-order valence-electron chi connectivity index (χ3n) is 5.59. The molecule has 0 saturated carbocycles. The van der Waals surface area contributed by atoms with E-state index >= 15 is 4.39 Å². The van der Waals surface area contributed by atoms with E-state index in [2.05, 4.69) is 14.6 Å². The van der Waals surface area contributed by atoms with Gasteiger partial charge in [0.2, 0.25) is 0 Å². The molecule has 12 heteroatoms. The van der Waals surface area contributed by atoms with Gasteiger partial charge in [0.25, 0.3) is 10.0 Å². The smallest absolute Gasteiger partial charge is 0.264 e. The summed E-state index contributed by atoms with van der Waals surface area (Å²) < 4.78 is 60.2. The lowest BCUT2D eigenvalue weighted by Crippen LogP contribution is -2.15. The van der Waals surface area contributed by atoms with Gasteiger partial charge >= 0.3 is 0 Å². The zero-order valence-corrected chi connectivity index (χ0v) is 23.7. The average Bonchev–Trinajstić information content (AvgIpc) is 2.87. The summed E-state index contributed by atoms with van der Waals surface area (Å²) >= 11 is 12.1. The van der Waals surface area contributed by atoms with Crippen LogP contribution < -0.4 is 18.9 Å². The molecule has 0 aliphatic rings. The van der Waals surface area contributed by atoms with E-state index in [1.54, 1.807) is 18.2 Å². The van der Waals surface area contributed by atoms with Gasteiger partial charge in [-0.2, -0.15) is 0 Å². The van der Waals surface area contributed by atoms with Crippen LogP contribution in [-0.4, -0.2) is 52.7 Å². The predicted molar refractivity (Wildman–Crippen MR) is 151 cm³/mol. The molecule has 3 aromatic carbocycles. The Labute approximate surface area is 236 Å². The van der Waals surface area contributed by atoms with Crippen LogP contribution in [0.4, 0.5) is 10.1 Å². The molecule has 0 fully saturated rings. The third kappa shape index (κ3) is 6.83. The number of nitrogens with one attached hydrogen (secondary N) is 1. The van der Waals surface area contributed by atoms with Crippen molar-refractivity contribution in [2.75, 3.05) is 39.1 Å². The molecule has 1 N–H and O–H groups in total. The number of hydrogen-bond donors (Lipinski definition) is 1. The summed E-state index contributed by atoms with van der Waals surface area (Å²) in [6, 6.07) is 13.0. The van der Waals surface area contributed by atoms with Gasteiger partial charge in [-0.1, -0.05) is 29.3 Å². The number of fused-ring (bicyclic) bond motifs is 1. The van der Waals surface area contributed by atoms with Gasteiger partial charge in [0.05, 0.1) is 35.0 Å². The Morgan fingerprint density at radius 2 is 1.72 bits per heavy atom. The molecule has 0 spiro atoms. The van der Waals surface area contributed by atoms with Gasteiger partial charge in [-0.25, -0.2) is 12.8 Å². The van der Waals surface area contributed by atoms with E-state index in [9.17, 15) is 8.42 Å². The van der Waals surface area contributed by atoms with Crippen molar-refractivity contribution in [3.8, 4) is 23.0 Å². The normalized spacial score (nSPS) is 11.6. The highest BCUT2D eigenvalue weighted by Crippen LogP contribution is 2.38. The van der Waals surface area contributed by atoms with Gasteiger partial charge < -0.3 is 19.1 Å². The van der Waals surface area contributed by atoms with Crippen LogP contribution in [0.15, 0.2) is 65.7 Å². The fourth-order valence-corrected chi connectivity index (χ4v) is 5.96. The first kappa shape index (κ1) is 28.7. The molecule has 0 radical (unpaired) electrons. The Morgan fingerprint density at radius 3 is 2.38 bits per heavy atom. The molecule has 0 unspecified atom stereocenters. The molecule has 206 valence electrons. The van der Waals surface area contributed by atoms with Crippen LogP contribution in [0.25, 0.3) is 10.9 Å². The molecule has 1 aromatic heterocycles. The lowest BCUT2D eigenvalue weighted by Gasteiger charge is -2.15. The van der Waals surface area contributed by atoms with Gasteiger partial charge in [0.1, 0.15) is 10.6 Å². The molecule has 0 atom stereocenters. The summed E-state index contributed by atoms with van der Waals surface area (Å²) in [7, 11) is 1.34. The highest BCUT2D eigenvalue weighted by Gasteiger charge is 2.22. The van der Waals surface area contributed by atoms with Crippen LogP contribution >= 0.6 is 23.2 Å². The highest BCUT2D eigenvalue weighted by molar-refractivity contribution is 7.93. The van der Waals surface area contributed by atoms with E-state index in [0.717, 1.165) is 19.0 Å². The predicted octanol–water partition coefficient (Wildman–Crippen LogP) is 6.61. The number of aromatic nitrogens is 1. The molecule has 1 heterocycles. The Morgan fingerprint density at radius 1 is 0.974 bits per heavy atom. The first-order valence-corrected chi connectivity index (χ1v) is 14.0. The minimum absolute atomic E-state index is 0.0341. The molecule has 8 nitrogen and oxygen atoms in total. The number of nitrogens with zero attached hydrogens (tertiary/aromatic N) is 2. The molecule has 0 bridgehead atoms. The van der Waals surface area contributed by atoms with Crippen molar-refractivity contribution in [3.05, 3.63) is 76.7 Å². The zero-order chi connectivity index (χ0) is 28.2. The molecular weight excluding hydrogens is 568 g/mol. The third-order valence-corrected chi connectivity index (χ3v) is 7.92. The molecule has 0 amide bonds. The maximum Gasteiger partial charge on any atom is 0.264 e. The second-order valence-electron chi connectivity index (χ2n) is 8.74. The van der Waals surface area contributed by atoms with Gasteiger partial charge in [-0.05, 0) is 56.9 Å². The first-order valence-electron chi connectivity index (χ1n) is 11.8. The van der Waals surface area contributed by atoms with Gasteiger partial charge in [-0.3, -0.25) is 9.71 Å². The van der Waals surface area contributed by atoms with E-state index in [-0.39, 0.29) is 26.4 Å². The van der Waals surface area contributed by atoms with Crippen molar-refractivity contribution in [2.24, 2.45) is 0 Å². The standard InChI is InChI=1S/C27H26Cl2FN3O5S/c1-33(2)12-5-13-37-26-16-22-18(15-25(26)36-3)23(10-11-31-22)38-24-9-8-17(14-21(24)30)32-39(34,35)27-19(28)6-4-7-20(27)29/h4,6-11,14-16,32H,5,12-13H2,1-3H3. The van der Waals surface area contributed by atoms with Gasteiger partial charge in [0.15, 0.2) is 23.1 Å². The quantitative estimate of drug-likeness (QED) is 0.196. The summed E-state index contributed by atoms with van der Waals surface area (Å²) in [5.74, 6) is 0.429. The number of halogens is 3. The molecule has 0 aliphatic heterocycles. The van der Waals surface area contributed by atoms with Crippen molar-refractivity contribution in [2.45, 2.75) is 11.3 Å². The van der Waals surface area contributed by atoms with E-state index in [4.69, 9.17) is 37.4 Å². The number of methoxy groups -OCH3 is 1. The Hall–Kier alpha value is -3.31. The maximum absolute atomic E-state index is 15.0. The summed E-state index contributed by atoms with van der Waals surface area (Å²) in [5.41, 5.74) is 0.533. The summed E-state index contributed by atoms with van der Waals surface area (Å²) in [4.78, 5) is 6.15. The molecule has 0 aliphatic carbocycles. The van der Waals surface area contributed by atoms with E-state index in [0.29, 0.717) is 34.8 Å². The van der Waals surface area contributed by atoms with Crippen molar-refractivity contribution in [3.63, 3.8) is 0 Å². The van der Waals surface area contributed by atoms with Crippen LogP contribution in [0.3, 0.4) is 0 Å². The van der Waals surface area contributed by atoms with Gasteiger partial charge in [0, 0.05) is 30.3 Å². The largest absolute Gasteiger partial charge is 0.493 e. The van der Waals surface area contributed by atoms with Crippen LogP contribution in [0.5, 0.6) is 23.0 Å². The van der Waals surface area contributed by atoms with Crippen LogP contribution in [0.2, 0.25) is 10.0 Å². The summed E-state index contributed by atoms with van der Waals surface area (Å²) in [6.45, 7) is 1.38.